The Bertz CT molecular complexity index is 308. The maximum atomic E-state index is 12.6. The van der Waals surface area contributed by atoms with Crippen LogP contribution in [0, 0.1) is 5.82 Å². The van der Waals surface area contributed by atoms with Gasteiger partial charge in [-0.3, -0.25) is 0 Å². The second-order valence-corrected chi connectivity index (χ2v) is 3.26. The fraction of sp³-hybridized carbons (Fsp3) is 0.273. The number of nitrogens with one attached hydrogen (secondary N) is 1. The summed E-state index contributed by atoms with van der Waals surface area (Å²) in [6.45, 7) is 0.999. The van der Waals surface area contributed by atoms with E-state index in [1.54, 1.807) is 0 Å². The minimum absolute atomic E-state index is 0. The molecule has 1 aromatic rings. The van der Waals surface area contributed by atoms with Crippen molar-refractivity contribution in [1.29, 1.82) is 0 Å². The number of hydrogen-bond donors (Lipinski definition) is 1. The lowest BCUT2D eigenvalue weighted by Crippen LogP contribution is -2.15. The molecule has 0 saturated carbocycles. The minimum Gasteiger partial charge on any atom is -0.391 e. The molecular weight excluding hydrogens is 201 g/mol. The molecular formula is C11H13ClFN. The van der Waals surface area contributed by atoms with Crippen molar-refractivity contribution in [2.24, 2.45) is 0 Å². The minimum atomic E-state index is -0.165. The molecule has 1 heterocycles. The van der Waals surface area contributed by atoms with Crippen molar-refractivity contribution >= 4 is 12.4 Å². The zero-order valence-electron chi connectivity index (χ0n) is 7.74. The third-order valence-corrected chi connectivity index (χ3v) is 2.34. The lowest BCUT2D eigenvalue weighted by Gasteiger charge is -2.17. The summed E-state index contributed by atoms with van der Waals surface area (Å²) in [5.41, 5.74) is 1.19. The third-order valence-electron chi connectivity index (χ3n) is 2.34. The predicted octanol–water partition coefficient (Wildman–Crippen LogP) is 2.84. The third kappa shape index (κ3) is 2.48. The van der Waals surface area contributed by atoms with Crippen LogP contribution in [-0.2, 0) is 0 Å². The highest BCUT2D eigenvalue weighted by atomic mass is 35.5. The zero-order chi connectivity index (χ0) is 9.10. The molecule has 0 bridgehead atoms. The summed E-state index contributed by atoms with van der Waals surface area (Å²) in [5.74, 6) is 0.281. The second-order valence-electron chi connectivity index (χ2n) is 3.26. The van der Waals surface area contributed by atoms with Gasteiger partial charge < -0.3 is 5.32 Å². The Balaban J connectivity index is 0.000000980. The molecule has 0 aromatic heterocycles. The van der Waals surface area contributed by atoms with E-state index in [-0.39, 0.29) is 18.2 Å². The van der Waals surface area contributed by atoms with Gasteiger partial charge in [0.25, 0.3) is 0 Å². The van der Waals surface area contributed by atoms with Crippen LogP contribution in [0.2, 0.25) is 0 Å². The molecule has 0 aliphatic carbocycles. The Morgan fingerprint density at radius 2 is 1.93 bits per heavy atom. The first-order valence-electron chi connectivity index (χ1n) is 4.52. The first-order valence-corrected chi connectivity index (χ1v) is 4.52. The molecule has 0 spiro atoms. The lowest BCUT2D eigenvalue weighted by atomic mass is 9.94. The number of halogens is 2. The van der Waals surface area contributed by atoms with E-state index in [0.29, 0.717) is 5.92 Å². The van der Waals surface area contributed by atoms with Gasteiger partial charge in [0.1, 0.15) is 5.82 Å². The molecule has 1 N–H and O–H groups in total. The predicted molar refractivity (Wildman–Crippen MR) is 58.1 cm³/mol. The van der Waals surface area contributed by atoms with E-state index in [2.05, 4.69) is 11.4 Å². The highest BCUT2D eigenvalue weighted by Gasteiger charge is 2.09. The van der Waals surface area contributed by atoms with Gasteiger partial charge >= 0.3 is 0 Å². The number of benzene rings is 1. The summed E-state index contributed by atoms with van der Waals surface area (Å²) in [4.78, 5) is 0. The van der Waals surface area contributed by atoms with Crippen LogP contribution in [0.15, 0.2) is 36.5 Å². The van der Waals surface area contributed by atoms with E-state index in [1.165, 1.54) is 17.7 Å². The van der Waals surface area contributed by atoms with Crippen LogP contribution >= 0.6 is 12.4 Å². The average molecular weight is 214 g/mol. The quantitative estimate of drug-likeness (QED) is 0.757. The molecule has 0 saturated heterocycles. The summed E-state index contributed by atoms with van der Waals surface area (Å²) < 4.78 is 12.6. The molecule has 1 atom stereocenters. The van der Waals surface area contributed by atoms with Gasteiger partial charge in [0.05, 0.1) is 0 Å². The van der Waals surface area contributed by atoms with E-state index in [0.717, 1.165) is 13.0 Å². The van der Waals surface area contributed by atoms with Crippen LogP contribution < -0.4 is 5.32 Å². The Morgan fingerprint density at radius 3 is 2.50 bits per heavy atom. The Morgan fingerprint density at radius 1 is 1.21 bits per heavy atom. The molecule has 14 heavy (non-hydrogen) atoms. The summed E-state index contributed by atoms with van der Waals surface area (Å²) in [6, 6.07) is 6.75. The van der Waals surface area contributed by atoms with Gasteiger partial charge in [0.2, 0.25) is 0 Å². The Labute approximate surface area is 89.4 Å². The smallest absolute Gasteiger partial charge is 0.123 e. The largest absolute Gasteiger partial charge is 0.391 e. The zero-order valence-corrected chi connectivity index (χ0v) is 8.56. The maximum Gasteiger partial charge on any atom is 0.123 e. The molecule has 1 aromatic carbocycles. The highest BCUT2D eigenvalue weighted by Crippen LogP contribution is 2.22. The van der Waals surface area contributed by atoms with Crippen molar-refractivity contribution in [2.75, 3.05) is 6.54 Å². The van der Waals surface area contributed by atoms with Crippen molar-refractivity contribution in [3.8, 4) is 0 Å². The lowest BCUT2D eigenvalue weighted by molar-refractivity contribution is 0.622. The van der Waals surface area contributed by atoms with Gasteiger partial charge in [-0.1, -0.05) is 18.2 Å². The van der Waals surface area contributed by atoms with Crippen LogP contribution in [0.1, 0.15) is 17.9 Å². The molecule has 0 radical (unpaired) electrons. The second kappa shape index (κ2) is 5.01. The Hall–Kier alpha value is -1.02. The van der Waals surface area contributed by atoms with Crippen LogP contribution in [0.5, 0.6) is 0 Å². The Kier molecular flexibility index (Phi) is 3.96. The van der Waals surface area contributed by atoms with Gasteiger partial charge in [-0.15, -0.1) is 12.4 Å². The number of rotatable bonds is 1. The molecule has 1 aliphatic heterocycles. The van der Waals surface area contributed by atoms with Crippen molar-refractivity contribution in [2.45, 2.75) is 12.3 Å². The molecule has 0 amide bonds. The summed E-state index contributed by atoms with van der Waals surface area (Å²) >= 11 is 0. The van der Waals surface area contributed by atoms with Crippen LogP contribution in [0.25, 0.3) is 0 Å². The van der Waals surface area contributed by atoms with Crippen molar-refractivity contribution in [3.63, 3.8) is 0 Å². The summed E-state index contributed by atoms with van der Waals surface area (Å²) in [5, 5.41) is 3.14. The van der Waals surface area contributed by atoms with Gasteiger partial charge in [0, 0.05) is 12.5 Å². The topological polar surface area (TPSA) is 12.0 Å². The molecule has 2 rings (SSSR count). The van der Waals surface area contributed by atoms with Crippen molar-refractivity contribution < 1.29 is 4.39 Å². The standard InChI is InChI=1S/C11H12FN.ClH/c12-11-3-1-9(2-4-11)10-5-7-13-8-6-10;/h1-5,7,10,13H,6,8H2;1H. The average Bonchev–Trinajstić information content (AvgIpc) is 2.20. The van der Waals surface area contributed by atoms with Crippen molar-refractivity contribution in [1.82, 2.24) is 5.32 Å². The van der Waals surface area contributed by atoms with E-state index in [9.17, 15) is 4.39 Å². The van der Waals surface area contributed by atoms with E-state index in [1.807, 2.05) is 18.3 Å². The molecule has 1 nitrogen and oxygen atoms in total. The normalized spacial score (nSPS) is 19.6. The van der Waals surface area contributed by atoms with Crippen molar-refractivity contribution in [3.05, 3.63) is 47.9 Å². The monoisotopic (exact) mass is 213 g/mol. The van der Waals surface area contributed by atoms with Gasteiger partial charge in [-0.25, -0.2) is 4.39 Å². The SMILES string of the molecule is Cl.Fc1ccc(C2C=CNCC2)cc1. The molecule has 1 aliphatic rings. The number of hydrogen-bond acceptors (Lipinski definition) is 1. The molecule has 1 unspecified atom stereocenters. The molecule has 76 valence electrons. The molecule has 3 heteroatoms. The van der Waals surface area contributed by atoms with Gasteiger partial charge in [-0.05, 0) is 30.3 Å². The van der Waals surface area contributed by atoms with Crippen LogP contribution in [0.3, 0.4) is 0 Å². The van der Waals surface area contributed by atoms with Crippen LogP contribution in [0.4, 0.5) is 4.39 Å². The first kappa shape index (κ1) is 11.1. The van der Waals surface area contributed by atoms with E-state index >= 15 is 0 Å². The first-order chi connectivity index (χ1) is 6.36. The number of allylic oxidation sites excluding steroid dienone is 1. The van der Waals surface area contributed by atoms with E-state index in [4.69, 9.17) is 0 Å². The summed E-state index contributed by atoms with van der Waals surface area (Å²) in [6.07, 6.45) is 5.18. The van der Waals surface area contributed by atoms with Gasteiger partial charge in [-0.2, -0.15) is 0 Å². The fourth-order valence-electron chi connectivity index (χ4n) is 1.59. The summed E-state index contributed by atoms with van der Waals surface area (Å²) in [7, 11) is 0. The fourth-order valence-corrected chi connectivity index (χ4v) is 1.59. The van der Waals surface area contributed by atoms with Gasteiger partial charge in [0.15, 0.2) is 0 Å². The molecule has 0 fully saturated rings. The maximum absolute atomic E-state index is 12.6. The van der Waals surface area contributed by atoms with E-state index < -0.39 is 0 Å². The highest BCUT2D eigenvalue weighted by molar-refractivity contribution is 5.85. The van der Waals surface area contributed by atoms with Crippen LogP contribution in [-0.4, -0.2) is 6.54 Å².